The van der Waals surface area contributed by atoms with Crippen LogP contribution in [0, 0.1) is 5.41 Å². The summed E-state index contributed by atoms with van der Waals surface area (Å²) in [6.07, 6.45) is 3.05. The Morgan fingerprint density at radius 1 is 1.38 bits per heavy atom. The fourth-order valence-corrected chi connectivity index (χ4v) is 3.55. The average Bonchev–Trinajstić information content (AvgIpc) is 3.29. The second-order valence-electron chi connectivity index (χ2n) is 5.70. The van der Waals surface area contributed by atoms with Crippen LogP contribution in [0.5, 0.6) is 0 Å². The van der Waals surface area contributed by atoms with Gasteiger partial charge in [-0.05, 0) is 30.0 Å². The van der Waals surface area contributed by atoms with Gasteiger partial charge < -0.3 is 14.1 Å². The molecule has 0 aliphatic carbocycles. The lowest BCUT2D eigenvalue weighted by molar-refractivity contribution is -0.133. The van der Waals surface area contributed by atoms with E-state index in [4.69, 9.17) is 14.6 Å². The highest BCUT2D eigenvalue weighted by Gasteiger charge is 2.36. The number of furan rings is 1. The Balaban J connectivity index is 1.51. The van der Waals surface area contributed by atoms with Crippen molar-refractivity contribution in [2.24, 2.45) is 10.1 Å². The van der Waals surface area contributed by atoms with Crippen LogP contribution in [0.25, 0.3) is 6.08 Å². The Bertz CT molecular complexity index is 852. The molecule has 1 fully saturated rings. The van der Waals surface area contributed by atoms with E-state index in [-0.39, 0.29) is 23.7 Å². The maximum atomic E-state index is 12.4. The molecule has 134 valence electrons. The van der Waals surface area contributed by atoms with Crippen LogP contribution in [0.3, 0.4) is 0 Å². The quantitative estimate of drug-likeness (QED) is 0.796. The Kier molecular flexibility index (Phi) is 4.43. The molecule has 0 unspecified atom stereocenters. The number of hydrogen-bond donors (Lipinski definition) is 1. The number of hydrogen-bond acceptors (Lipinski definition) is 7. The lowest BCUT2D eigenvalue weighted by atomic mass is 10.1. The molecule has 0 aromatic carbocycles. The van der Waals surface area contributed by atoms with Gasteiger partial charge in [-0.1, -0.05) is 0 Å². The number of morpholine rings is 1. The first-order valence-corrected chi connectivity index (χ1v) is 8.81. The molecule has 3 aliphatic rings. The molecule has 0 spiro atoms. The van der Waals surface area contributed by atoms with Crippen molar-refractivity contribution in [1.82, 2.24) is 9.91 Å². The van der Waals surface area contributed by atoms with E-state index in [1.807, 2.05) is 0 Å². The molecule has 1 N–H and O–H groups in total. The third kappa shape index (κ3) is 3.20. The highest BCUT2D eigenvalue weighted by molar-refractivity contribution is 8.27. The van der Waals surface area contributed by atoms with Gasteiger partial charge in [0.05, 0.1) is 31.5 Å². The topological polar surface area (TPSA) is 112 Å². The summed E-state index contributed by atoms with van der Waals surface area (Å²) in [4.78, 5) is 30.3. The SMILES string of the molecule is N=C1C(=Cc2ccco2)C(=O)N=C2SC(CC(=O)N3CCOCC3)=NN12. The zero-order valence-electron chi connectivity index (χ0n) is 13.7. The molecule has 9 nitrogen and oxygen atoms in total. The molecule has 1 saturated heterocycles. The van der Waals surface area contributed by atoms with Gasteiger partial charge in [-0.25, -0.2) is 0 Å². The van der Waals surface area contributed by atoms with Crippen LogP contribution < -0.4 is 0 Å². The Morgan fingerprint density at radius 2 is 2.19 bits per heavy atom. The van der Waals surface area contributed by atoms with Crippen LogP contribution in [-0.2, 0) is 14.3 Å². The molecule has 3 aliphatic heterocycles. The van der Waals surface area contributed by atoms with Crippen molar-refractivity contribution in [2.75, 3.05) is 26.3 Å². The number of amidine groups is 2. The third-order valence-electron chi connectivity index (χ3n) is 3.99. The first-order valence-electron chi connectivity index (χ1n) is 8.00. The van der Waals surface area contributed by atoms with Crippen molar-refractivity contribution in [3.05, 3.63) is 29.7 Å². The van der Waals surface area contributed by atoms with Gasteiger partial charge >= 0.3 is 0 Å². The maximum Gasteiger partial charge on any atom is 0.283 e. The number of ether oxygens (including phenoxy) is 1. The van der Waals surface area contributed by atoms with Gasteiger partial charge in [0, 0.05) is 13.1 Å². The Hall–Kier alpha value is -2.72. The largest absolute Gasteiger partial charge is 0.465 e. The minimum absolute atomic E-state index is 0.0517. The molecule has 0 bridgehead atoms. The first kappa shape index (κ1) is 16.7. The minimum Gasteiger partial charge on any atom is -0.465 e. The minimum atomic E-state index is -0.527. The first-order chi connectivity index (χ1) is 12.6. The number of nitrogens with one attached hydrogen (secondary N) is 1. The molecule has 1 aromatic rings. The smallest absolute Gasteiger partial charge is 0.283 e. The van der Waals surface area contributed by atoms with Crippen LogP contribution >= 0.6 is 11.8 Å². The van der Waals surface area contributed by atoms with E-state index in [9.17, 15) is 9.59 Å². The van der Waals surface area contributed by atoms with Gasteiger partial charge in [-0.3, -0.25) is 15.0 Å². The van der Waals surface area contributed by atoms with E-state index in [0.717, 1.165) is 11.8 Å². The number of amides is 2. The fraction of sp³-hybridized carbons (Fsp3) is 0.312. The van der Waals surface area contributed by atoms with Gasteiger partial charge in [0.1, 0.15) is 10.8 Å². The van der Waals surface area contributed by atoms with Gasteiger partial charge in [0.15, 0.2) is 5.84 Å². The molecular weight excluding hydrogens is 358 g/mol. The highest BCUT2D eigenvalue weighted by Crippen LogP contribution is 2.29. The second kappa shape index (κ2) is 6.89. The lowest BCUT2D eigenvalue weighted by Gasteiger charge is -2.26. The lowest BCUT2D eigenvalue weighted by Crippen LogP contribution is -2.41. The van der Waals surface area contributed by atoms with Gasteiger partial charge in [0.2, 0.25) is 11.1 Å². The number of nitrogens with zero attached hydrogens (tertiary/aromatic N) is 4. The molecule has 10 heteroatoms. The standard InChI is InChI=1S/C16H15N5O4S/c17-14-11(8-10-2-1-5-25-10)15(23)18-16-21(14)19-12(26-16)9-13(22)20-3-6-24-7-4-20/h1-2,5,8,17H,3-4,6-7,9H2. The van der Waals surface area contributed by atoms with E-state index < -0.39 is 5.91 Å². The number of carbonyl (C=O) groups is 2. The third-order valence-corrected chi connectivity index (χ3v) is 4.90. The summed E-state index contributed by atoms with van der Waals surface area (Å²) in [5, 5.41) is 14.6. The number of aliphatic imine (C=N–C) groups is 1. The molecule has 1 aromatic heterocycles. The van der Waals surface area contributed by atoms with Crippen molar-refractivity contribution in [1.29, 1.82) is 5.41 Å². The molecule has 0 radical (unpaired) electrons. The molecule has 2 amide bonds. The van der Waals surface area contributed by atoms with E-state index >= 15 is 0 Å². The van der Waals surface area contributed by atoms with Crippen LogP contribution in [0.4, 0.5) is 0 Å². The van der Waals surface area contributed by atoms with Crippen molar-refractivity contribution in [3.8, 4) is 0 Å². The maximum absolute atomic E-state index is 12.4. The zero-order chi connectivity index (χ0) is 18.1. The van der Waals surface area contributed by atoms with Crippen LogP contribution in [0.1, 0.15) is 12.2 Å². The van der Waals surface area contributed by atoms with Crippen LogP contribution in [0.2, 0.25) is 0 Å². The Labute approximate surface area is 152 Å². The number of thioether (sulfide) groups is 1. The number of fused-ring (bicyclic) bond motifs is 1. The van der Waals surface area contributed by atoms with E-state index in [1.165, 1.54) is 17.3 Å². The molecule has 4 heterocycles. The van der Waals surface area contributed by atoms with Crippen LogP contribution in [-0.4, -0.2) is 64.1 Å². The summed E-state index contributed by atoms with van der Waals surface area (Å²) in [6.45, 7) is 2.19. The normalized spacial score (nSPS) is 21.8. The Morgan fingerprint density at radius 3 is 2.92 bits per heavy atom. The van der Waals surface area contributed by atoms with Crippen molar-refractivity contribution in [2.45, 2.75) is 6.42 Å². The van der Waals surface area contributed by atoms with Crippen molar-refractivity contribution >= 4 is 45.7 Å². The predicted molar refractivity (Wildman–Crippen MR) is 95.7 cm³/mol. The van der Waals surface area contributed by atoms with Gasteiger partial charge in [0.25, 0.3) is 5.91 Å². The summed E-state index contributed by atoms with van der Waals surface area (Å²) in [7, 11) is 0. The van der Waals surface area contributed by atoms with Gasteiger partial charge in [-0.15, -0.1) is 0 Å². The molecule has 26 heavy (non-hydrogen) atoms. The summed E-state index contributed by atoms with van der Waals surface area (Å²) in [6, 6.07) is 3.37. The van der Waals surface area contributed by atoms with E-state index in [2.05, 4.69) is 10.1 Å². The van der Waals surface area contributed by atoms with Gasteiger partial charge in [-0.2, -0.15) is 15.1 Å². The number of carbonyl (C=O) groups excluding carboxylic acids is 2. The highest BCUT2D eigenvalue weighted by atomic mass is 32.2. The predicted octanol–water partition coefficient (Wildman–Crippen LogP) is 1.15. The molecule has 0 atom stereocenters. The average molecular weight is 373 g/mol. The van der Waals surface area contributed by atoms with E-state index in [1.54, 1.807) is 17.0 Å². The summed E-state index contributed by atoms with van der Waals surface area (Å²) < 4.78 is 10.4. The molecule has 4 rings (SSSR count). The van der Waals surface area contributed by atoms with Crippen molar-refractivity contribution < 1.29 is 18.7 Å². The molecular formula is C16H15N5O4S. The van der Waals surface area contributed by atoms with E-state index in [0.29, 0.717) is 42.3 Å². The zero-order valence-corrected chi connectivity index (χ0v) is 14.5. The molecule has 0 saturated carbocycles. The van der Waals surface area contributed by atoms with Crippen molar-refractivity contribution in [3.63, 3.8) is 0 Å². The summed E-state index contributed by atoms with van der Waals surface area (Å²) in [5.74, 6) is -0.210. The van der Waals surface area contributed by atoms with Crippen LogP contribution in [0.15, 0.2) is 38.5 Å². The second-order valence-corrected chi connectivity index (χ2v) is 6.74. The number of hydrazone groups is 1. The fourth-order valence-electron chi connectivity index (χ4n) is 2.67. The summed E-state index contributed by atoms with van der Waals surface area (Å²) >= 11 is 1.14. The number of rotatable bonds is 3. The monoisotopic (exact) mass is 373 g/mol. The summed E-state index contributed by atoms with van der Waals surface area (Å²) in [5.41, 5.74) is 0.0915.